The van der Waals surface area contributed by atoms with Crippen LogP contribution in [0.3, 0.4) is 0 Å². The molecule has 0 saturated carbocycles. The Morgan fingerprint density at radius 2 is 1.48 bits per heavy atom. The average Bonchev–Trinajstić information content (AvgIpc) is 2.47. The van der Waals surface area contributed by atoms with Gasteiger partial charge in [-0.15, -0.1) is 0 Å². The Kier molecular flexibility index (Phi) is 6.89. The van der Waals surface area contributed by atoms with Crippen molar-refractivity contribution in [1.82, 2.24) is 0 Å². The van der Waals surface area contributed by atoms with Gasteiger partial charge in [0.2, 0.25) is 0 Å². The first kappa shape index (κ1) is 17.7. The zero-order valence-corrected chi connectivity index (χ0v) is 14.4. The Hall–Kier alpha value is -1.36. The highest BCUT2D eigenvalue weighted by molar-refractivity contribution is 9.10. The first-order chi connectivity index (χ1) is 9.88. The number of carbonyl (C=O) groups excluding carboxylic acids is 2. The Labute approximate surface area is 133 Å². The van der Waals surface area contributed by atoms with Gasteiger partial charge < -0.3 is 9.47 Å². The van der Waals surface area contributed by atoms with Crippen LogP contribution < -0.4 is 9.47 Å². The third kappa shape index (κ3) is 5.16. The van der Waals surface area contributed by atoms with E-state index in [9.17, 15) is 9.59 Å². The fourth-order valence-electron chi connectivity index (χ4n) is 1.40. The minimum atomic E-state index is -0.337. The van der Waals surface area contributed by atoms with Gasteiger partial charge in [-0.05, 0) is 31.0 Å². The summed E-state index contributed by atoms with van der Waals surface area (Å²) < 4.78 is 11.4. The van der Waals surface area contributed by atoms with Gasteiger partial charge >= 0.3 is 11.9 Å². The van der Waals surface area contributed by atoms with Crippen LogP contribution in [0.5, 0.6) is 11.5 Å². The third-order valence-corrected chi connectivity index (χ3v) is 3.85. The lowest BCUT2D eigenvalue weighted by Crippen LogP contribution is -2.20. The Bertz CT molecular complexity index is 513. The molecule has 0 aliphatic rings. The highest BCUT2D eigenvalue weighted by atomic mass is 79.9. The summed E-state index contributed by atoms with van der Waals surface area (Å²) >= 11 is 3.32. The van der Waals surface area contributed by atoms with Crippen molar-refractivity contribution in [3.05, 3.63) is 22.7 Å². The summed E-state index contributed by atoms with van der Waals surface area (Å²) in [6.07, 6.45) is 1.38. The van der Waals surface area contributed by atoms with Gasteiger partial charge in [-0.3, -0.25) is 9.59 Å². The van der Waals surface area contributed by atoms with Crippen LogP contribution in [0.4, 0.5) is 0 Å². The topological polar surface area (TPSA) is 52.6 Å². The number of hydrogen-bond donors (Lipinski definition) is 0. The SMILES string of the molecule is CCC(C)C(=O)Oc1ccc(Br)cc1OC(=O)C(C)CC. The van der Waals surface area contributed by atoms with Gasteiger partial charge in [0.15, 0.2) is 11.5 Å². The van der Waals surface area contributed by atoms with E-state index < -0.39 is 0 Å². The summed E-state index contributed by atoms with van der Waals surface area (Å²) in [7, 11) is 0. The van der Waals surface area contributed by atoms with Crippen molar-refractivity contribution < 1.29 is 19.1 Å². The van der Waals surface area contributed by atoms with Crippen molar-refractivity contribution >= 4 is 27.9 Å². The molecule has 2 unspecified atom stereocenters. The summed E-state index contributed by atoms with van der Waals surface area (Å²) in [6, 6.07) is 4.98. The second-order valence-electron chi connectivity index (χ2n) is 5.05. The molecule has 0 bridgehead atoms. The summed E-state index contributed by atoms with van der Waals surface area (Å²) in [6.45, 7) is 7.42. The largest absolute Gasteiger partial charge is 0.422 e. The molecule has 0 saturated heterocycles. The van der Waals surface area contributed by atoms with E-state index in [1.807, 2.05) is 13.8 Å². The molecule has 0 aliphatic heterocycles. The van der Waals surface area contributed by atoms with Crippen molar-refractivity contribution in [3.63, 3.8) is 0 Å². The predicted molar refractivity (Wildman–Crippen MR) is 84.3 cm³/mol. The second-order valence-corrected chi connectivity index (χ2v) is 5.97. The van der Waals surface area contributed by atoms with E-state index in [0.29, 0.717) is 12.8 Å². The quantitative estimate of drug-likeness (QED) is 0.561. The molecule has 4 nitrogen and oxygen atoms in total. The van der Waals surface area contributed by atoms with E-state index in [4.69, 9.17) is 9.47 Å². The monoisotopic (exact) mass is 356 g/mol. The van der Waals surface area contributed by atoms with Crippen molar-refractivity contribution in [2.75, 3.05) is 0 Å². The minimum absolute atomic E-state index is 0.202. The lowest BCUT2D eigenvalue weighted by atomic mass is 10.1. The van der Waals surface area contributed by atoms with Crippen LogP contribution in [0.1, 0.15) is 40.5 Å². The summed E-state index contributed by atoms with van der Waals surface area (Å²) in [4.78, 5) is 23.8. The number of ether oxygens (including phenoxy) is 2. The first-order valence-electron chi connectivity index (χ1n) is 7.11. The molecule has 1 rings (SSSR count). The minimum Gasteiger partial charge on any atom is -0.422 e. The maximum Gasteiger partial charge on any atom is 0.314 e. The highest BCUT2D eigenvalue weighted by Crippen LogP contribution is 2.32. The van der Waals surface area contributed by atoms with Gasteiger partial charge in [0.25, 0.3) is 0 Å². The molecule has 0 heterocycles. The lowest BCUT2D eigenvalue weighted by Gasteiger charge is -2.14. The fraction of sp³-hybridized carbons (Fsp3) is 0.500. The number of carbonyl (C=O) groups is 2. The molecule has 0 N–H and O–H groups in total. The van der Waals surface area contributed by atoms with Crippen molar-refractivity contribution in [3.8, 4) is 11.5 Å². The van der Waals surface area contributed by atoms with Crippen LogP contribution >= 0.6 is 15.9 Å². The normalized spacial score (nSPS) is 13.4. The lowest BCUT2D eigenvalue weighted by molar-refractivity contribution is -0.141. The van der Waals surface area contributed by atoms with Gasteiger partial charge in [-0.2, -0.15) is 0 Å². The molecule has 1 aromatic rings. The molecule has 0 fully saturated rings. The van der Waals surface area contributed by atoms with E-state index >= 15 is 0 Å². The van der Waals surface area contributed by atoms with Crippen LogP contribution in [0.15, 0.2) is 22.7 Å². The number of esters is 2. The maximum atomic E-state index is 11.9. The second kappa shape index (κ2) is 8.17. The average molecular weight is 357 g/mol. The number of rotatable bonds is 6. The molecule has 1 aromatic carbocycles. The van der Waals surface area contributed by atoms with Crippen molar-refractivity contribution in [1.29, 1.82) is 0 Å². The molecule has 0 aromatic heterocycles. The van der Waals surface area contributed by atoms with Crippen molar-refractivity contribution in [2.24, 2.45) is 11.8 Å². The van der Waals surface area contributed by atoms with Crippen LogP contribution in [0.2, 0.25) is 0 Å². The van der Waals surface area contributed by atoms with Crippen LogP contribution in [0.25, 0.3) is 0 Å². The van der Waals surface area contributed by atoms with Gasteiger partial charge in [0.05, 0.1) is 11.8 Å². The molecule has 116 valence electrons. The zero-order chi connectivity index (χ0) is 16.0. The molecular weight excluding hydrogens is 336 g/mol. The van der Waals surface area contributed by atoms with Crippen LogP contribution in [-0.4, -0.2) is 11.9 Å². The molecule has 21 heavy (non-hydrogen) atoms. The summed E-state index contributed by atoms with van der Waals surface area (Å²) in [5, 5.41) is 0. The molecule has 0 radical (unpaired) electrons. The number of hydrogen-bond acceptors (Lipinski definition) is 4. The molecule has 0 amide bonds. The van der Waals surface area contributed by atoms with Gasteiger partial charge in [-0.1, -0.05) is 43.6 Å². The smallest absolute Gasteiger partial charge is 0.314 e. The Morgan fingerprint density at radius 1 is 1.00 bits per heavy atom. The molecule has 2 atom stereocenters. The number of benzene rings is 1. The molecular formula is C16H21BrO4. The highest BCUT2D eigenvalue weighted by Gasteiger charge is 2.19. The van der Waals surface area contributed by atoms with Gasteiger partial charge in [0.1, 0.15) is 0 Å². The Balaban J connectivity index is 2.94. The van der Waals surface area contributed by atoms with E-state index in [0.717, 1.165) is 4.47 Å². The van der Waals surface area contributed by atoms with E-state index in [1.54, 1.807) is 32.0 Å². The molecule has 0 spiro atoms. The van der Waals surface area contributed by atoms with Crippen molar-refractivity contribution in [2.45, 2.75) is 40.5 Å². The fourth-order valence-corrected chi connectivity index (χ4v) is 1.74. The van der Waals surface area contributed by atoms with E-state index in [1.165, 1.54) is 0 Å². The third-order valence-electron chi connectivity index (χ3n) is 3.36. The Morgan fingerprint density at radius 3 is 1.95 bits per heavy atom. The van der Waals surface area contributed by atoms with Crippen LogP contribution in [0, 0.1) is 11.8 Å². The first-order valence-corrected chi connectivity index (χ1v) is 7.91. The number of halogens is 1. The zero-order valence-electron chi connectivity index (χ0n) is 12.8. The van der Waals surface area contributed by atoms with Crippen LogP contribution in [-0.2, 0) is 9.59 Å². The standard InChI is InChI=1S/C16H21BrO4/c1-5-10(3)15(18)20-13-8-7-12(17)9-14(13)21-16(19)11(4)6-2/h7-11H,5-6H2,1-4H3. The van der Waals surface area contributed by atoms with Gasteiger partial charge in [0, 0.05) is 4.47 Å². The maximum absolute atomic E-state index is 11.9. The summed E-state index contributed by atoms with van der Waals surface area (Å²) in [5.41, 5.74) is 0. The predicted octanol–water partition coefficient (Wildman–Crippen LogP) is 4.35. The van der Waals surface area contributed by atoms with E-state index in [-0.39, 0.29) is 35.3 Å². The van der Waals surface area contributed by atoms with E-state index in [2.05, 4.69) is 15.9 Å². The molecule has 0 aliphatic carbocycles. The van der Waals surface area contributed by atoms with Gasteiger partial charge in [-0.25, -0.2) is 0 Å². The molecule has 5 heteroatoms. The summed E-state index contributed by atoms with van der Waals surface area (Å²) in [5.74, 6) is -0.558.